The average molecular weight is 470 g/mol. The number of anilines is 2. The molecule has 1 aliphatic rings. The third-order valence-electron chi connectivity index (χ3n) is 4.15. The molecule has 0 saturated carbocycles. The van der Waals surface area contributed by atoms with Crippen molar-refractivity contribution in [1.29, 1.82) is 0 Å². The number of carbonyl (C=O) groups excluding carboxylic acids is 3. The summed E-state index contributed by atoms with van der Waals surface area (Å²) in [5.74, 6) is -2.56. The standard InChI is InChI=1S/C19H15BrClFN2O4/c20-12-1-6-16(15(21)8-12)23-17(25)10-28-19(27)11-7-18(26)24(9-11)14-4-2-13(22)3-5-14/h1-6,8,11H,7,9-10H2,(H,23,25)/t11-/m0/s1. The van der Waals surface area contributed by atoms with Crippen LogP contribution in [0.2, 0.25) is 5.02 Å². The number of rotatable bonds is 5. The summed E-state index contributed by atoms with van der Waals surface area (Å²) in [6.45, 7) is -0.379. The first kappa shape index (κ1) is 20.3. The van der Waals surface area contributed by atoms with E-state index in [4.69, 9.17) is 16.3 Å². The number of halogens is 3. The van der Waals surface area contributed by atoms with Crippen LogP contribution in [0.5, 0.6) is 0 Å². The molecule has 1 fully saturated rings. The summed E-state index contributed by atoms with van der Waals surface area (Å²) in [6.07, 6.45) is -0.0314. The van der Waals surface area contributed by atoms with E-state index in [0.29, 0.717) is 16.4 Å². The van der Waals surface area contributed by atoms with E-state index < -0.39 is 30.2 Å². The molecule has 0 aliphatic carbocycles. The van der Waals surface area contributed by atoms with Gasteiger partial charge >= 0.3 is 5.97 Å². The molecular formula is C19H15BrClFN2O4. The second-order valence-corrected chi connectivity index (χ2v) is 7.48. The molecule has 1 N–H and O–H groups in total. The van der Waals surface area contributed by atoms with E-state index in [1.54, 1.807) is 18.2 Å². The molecule has 9 heteroatoms. The highest BCUT2D eigenvalue weighted by molar-refractivity contribution is 9.10. The molecule has 146 valence electrons. The van der Waals surface area contributed by atoms with Gasteiger partial charge in [-0.2, -0.15) is 0 Å². The van der Waals surface area contributed by atoms with Gasteiger partial charge in [0.2, 0.25) is 5.91 Å². The second kappa shape index (κ2) is 8.70. The number of nitrogens with zero attached hydrogens (tertiary/aromatic N) is 1. The van der Waals surface area contributed by atoms with Gasteiger partial charge in [-0.15, -0.1) is 0 Å². The lowest BCUT2D eigenvalue weighted by molar-refractivity contribution is -0.151. The molecule has 3 rings (SSSR count). The zero-order valence-electron chi connectivity index (χ0n) is 14.5. The number of ether oxygens (including phenoxy) is 1. The van der Waals surface area contributed by atoms with Crippen molar-refractivity contribution in [3.05, 3.63) is 57.8 Å². The smallest absolute Gasteiger partial charge is 0.311 e. The van der Waals surface area contributed by atoms with Crippen molar-refractivity contribution in [1.82, 2.24) is 0 Å². The summed E-state index contributed by atoms with van der Waals surface area (Å²) in [4.78, 5) is 37.7. The van der Waals surface area contributed by atoms with Crippen LogP contribution in [0.1, 0.15) is 6.42 Å². The van der Waals surface area contributed by atoms with Gasteiger partial charge in [-0.25, -0.2) is 4.39 Å². The minimum Gasteiger partial charge on any atom is -0.455 e. The van der Waals surface area contributed by atoms with E-state index in [9.17, 15) is 18.8 Å². The summed E-state index contributed by atoms with van der Waals surface area (Å²) in [6, 6.07) is 10.4. The van der Waals surface area contributed by atoms with Gasteiger partial charge < -0.3 is 15.0 Å². The second-order valence-electron chi connectivity index (χ2n) is 6.16. The van der Waals surface area contributed by atoms with Crippen LogP contribution >= 0.6 is 27.5 Å². The molecule has 28 heavy (non-hydrogen) atoms. The number of benzene rings is 2. The summed E-state index contributed by atoms with van der Waals surface area (Å²) in [7, 11) is 0. The van der Waals surface area contributed by atoms with E-state index in [1.807, 2.05) is 0 Å². The first-order valence-corrected chi connectivity index (χ1v) is 9.48. The number of carbonyl (C=O) groups is 3. The molecule has 2 aromatic rings. The predicted octanol–water partition coefficient (Wildman–Crippen LogP) is 3.78. The molecule has 1 heterocycles. The Bertz CT molecular complexity index is 923. The fraction of sp³-hybridized carbons (Fsp3) is 0.211. The average Bonchev–Trinajstić information content (AvgIpc) is 3.04. The maximum Gasteiger partial charge on any atom is 0.311 e. The van der Waals surface area contributed by atoms with Gasteiger partial charge in [0.15, 0.2) is 6.61 Å². The highest BCUT2D eigenvalue weighted by Crippen LogP contribution is 2.27. The molecule has 0 spiro atoms. The van der Waals surface area contributed by atoms with Gasteiger partial charge in [0.05, 0.1) is 16.6 Å². The summed E-state index contributed by atoms with van der Waals surface area (Å²) < 4.78 is 18.8. The van der Waals surface area contributed by atoms with Crippen molar-refractivity contribution in [3.8, 4) is 0 Å². The van der Waals surface area contributed by atoms with Crippen molar-refractivity contribution < 1.29 is 23.5 Å². The van der Waals surface area contributed by atoms with Gasteiger partial charge in [-0.3, -0.25) is 14.4 Å². The van der Waals surface area contributed by atoms with Crippen molar-refractivity contribution >= 4 is 56.7 Å². The Morgan fingerprint density at radius 2 is 1.96 bits per heavy atom. The Morgan fingerprint density at radius 3 is 2.64 bits per heavy atom. The Hall–Kier alpha value is -2.45. The van der Waals surface area contributed by atoms with Crippen molar-refractivity contribution in [3.63, 3.8) is 0 Å². The van der Waals surface area contributed by atoms with Crippen LogP contribution < -0.4 is 10.2 Å². The van der Waals surface area contributed by atoms with Gasteiger partial charge in [0, 0.05) is 23.1 Å². The van der Waals surface area contributed by atoms with E-state index >= 15 is 0 Å². The molecule has 0 aromatic heterocycles. The minimum atomic E-state index is -0.693. The number of hydrogen-bond donors (Lipinski definition) is 1. The largest absolute Gasteiger partial charge is 0.455 e. The van der Waals surface area contributed by atoms with Gasteiger partial charge in [0.25, 0.3) is 5.91 Å². The number of hydrogen-bond acceptors (Lipinski definition) is 4. The monoisotopic (exact) mass is 468 g/mol. The Morgan fingerprint density at radius 1 is 1.25 bits per heavy atom. The fourth-order valence-electron chi connectivity index (χ4n) is 2.77. The lowest BCUT2D eigenvalue weighted by atomic mass is 10.1. The summed E-state index contributed by atoms with van der Waals surface area (Å²) in [5, 5.41) is 2.89. The van der Waals surface area contributed by atoms with E-state index in [1.165, 1.54) is 29.2 Å². The third-order valence-corrected chi connectivity index (χ3v) is 4.95. The summed E-state index contributed by atoms with van der Waals surface area (Å²) in [5.41, 5.74) is 0.897. The van der Waals surface area contributed by atoms with Crippen LogP contribution in [-0.2, 0) is 19.1 Å². The van der Waals surface area contributed by atoms with Crippen molar-refractivity contribution in [2.75, 3.05) is 23.4 Å². The maximum atomic E-state index is 13.0. The molecule has 1 saturated heterocycles. The molecular weight excluding hydrogens is 455 g/mol. The predicted molar refractivity (Wildman–Crippen MR) is 106 cm³/mol. The maximum absolute atomic E-state index is 13.0. The molecule has 0 unspecified atom stereocenters. The Labute approximate surface area is 173 Å². The van der Waals surface area contributed by atoms with Crippen LogP contribution in [0, 0.1) is 11.7 Å². The van der Waals surface area contributed by atoms with E-state index in [2.05, 4.69) is 21.2 Å². The SMILES string of the molecule is O=C(COC(=O)[C@H]1CC(=O)N(c2ccc(F)cc2)C1)Nc1ccc(Br)cc1Cl. The van der Waals surface area contributed by atoms with Crippen LogP contribution in [0.4, 0.5) is 15.8 Å². The zero-order valence-corrected chi connectivity index (χ0v) is 16.8. The van der Waals surface area contributed by atoms with Crippen LogP contribution in [0.25, 0.3) is 0 Å². The lowest BCUT2D eigenvalue weighted by Crippen LogP contribution is -2.28. The molecule has 0 radical (unpaired) electrons. The fourth-order valence-corrected chi connectivity index (χ4v) is 3.49. The van der Waals surface area contributed by atoms with Gasteiger partial charge in [0.1, 0.15) is 5.82 Å². The molecule has 2 amide bonds. The Kier molecular flexibility index (Phi) is 6.31. The lowest BCUT2D eigenvalue weighted by Gasteiger charge is -2.16. The van der Waals surface area contributed by atoms with E-state index in [0.717, 1.165) is 4.47 Å². The normalized spacial score (nSPS) is 16.2. The zero-order chi connectivity index (χ0) is 20.3. The molecule has 1 atom stereocenters. The molecule has 2 aromatic carbocycles. The topological polar surface area (TPSA) is 75.7 Å². The summed E-state index contributed by atoms with van der Waals surface area (Å²) >= 11 is 9.28. The Balaban J connectivity index is 1.53. The molecule has 0 bridgehead atoms. The van der Waals surface area contributed by atoms with Crippen molar-refractivity contribution in [2.24, 2.45) is 5.92 Å². The van der Waals surface area contributed by atoms with E-state index in [-0.39, 0.29) is 18.9 Å². The van der Waals surface area contributed by atoms with Crippen LogP contribution in [-0.4, -0.2) is 30.9 Å². The highest BCUT2D eigenvalue weighted by Gasteiger charge is 2.36. The quantitative estimate of drug-likeness (QED) is 0.676. The molecule has 6 nitrogen and oxygen atoms in total. The number of nitrogens with one attached hydrogen (secondary N) is 1. The highest BCUT2D eigenvalue weighted by atomic mass is 79.9. The first-order chi connectivity index (χ1) is 13.3. The third kappa shape index (κ3) is 4.88. The number of esters is 1. The minimum absolute atomic E-state index is 0.0314. The van der Waals surface area contributed by atoms with Gasteiger partial charge in [-0.1, -0.05) is 27.5 Å². The van der Waals surface area contributed by atoms with Crippen LogP contribution in [0.3, 0.4) is 0 Å². The first-order valence-electron chi connectivity index (χ1n) is 8.31. The number of amides is 2. The van der Waals surface area contributed by atoms with Crippen LogP contribution in [0.15, 0.2) is 46.9 Å². The molecule has 1 aliphatic heterocycles. The van der Waals surface area contributed by atoms with Gasteiger partial charge in [-0.05, 0) is 42.5 Å². The van der Waals surface area contributed by atoms with Crippen molar-refractivity contribution in [2.45, 2.75) is 6.42 Å².